The minimum Gasteiger partial charge on any atom is -0.363 e. The van der Waals surface area contributed by atoms with Crippen LogP contribution in [0.2, 0.25) is 0 Å². The largest absolute Gasteiger partial charge is 0.363 e. The number of aromatic nitrogens is 5. The molecule has 0 atom stereocenters. The van der Waals surface area contributed by atoms with Crippen LogP contribution in [0.4, 0.5) is 5.82 Å². The third-order valence-corrected chi connectivity index (χ3v) is 6.14. The summed E-state index contributed by atoms with van der Waals surface area (Å²) in [4.78, 5) is 22.0. The molecule has 2 aromatic carbocycles. The van der Waals surface area contributed by atoms with Gasteiger partial charge in [-0.3, -0.25) is 13.9 Å². The predicted octanol–water partition coefficient (Wildman–Crippen LogP) is 4.30. The normalized spacial score (nSPS) is 13.2. The summed E-state index contributed by atoms with van der Waals surface area (Å²) in [6, 6.07) is 18.1. The van der Waals surface area contributed by atoms with Gasteiger partial charge in [-0.15, -0.1) is 0 Å². The smallest absolute Gasteiger partial charge is 0.251 e. The number of fused-ring (bicyclic) bond motifs is 1. The van der Waals surface area contributed by atoms with Crippen LogP contribution >= 0.6 is 0 Å². The monoisotopic (exact) mass is 463 g/mol. The van der Waals surface area contributed by atoms with Crippen molar-refractivity contribution in [1.82, 2.24) is 29.5 Å². The van der Waals surface area contributed by atoms with E-state index in [-0.39, 0.29) is 5.91 Å². The molecule has 1 fully saturated rings. The Morgan fingerprint density at radius 3 is 2.51 bits per heavy atom. The fourth-order valence-corrected chi connectivity index (χ4v) is 4.11. The van der Waals surface area contributed by atoms with E-state index in [1.807, 2.05) is 86.4 Å². The van der Waals surface area contributed by atoms with E-state index in [4.69, 9.17) is 9.97 Å². The second kappa shape index (κ2) is 8.72. The summed E-state index contributed by atoms with van der Waals surface area (Å²) in [6.45, 7) is 0.585. The minimum atomic E-state index is -0.0188. The molecule has 1 amide bonds. The molecule has 0 saturated heterocycles. The highest BCUT2D eigenvalue weighted by Crippen LogP contribution is 2.28. The number of carbonyl (C=O) groups excluding carboxylic acids is 1. The Morgan fingerprint density at radius 2 is 1.80 bits per heavy atom. The van der Waals surface area contributed by atoms with E-state index in [1.165, 1.54) is 0 Å². The number of carbonyl (C=O) groups is 1. The van der Waals surface area contributed by atoms with Gasteiger partial charge in [0.05, 0.1) is 23.8 Å². The first kappa shape index (κ1) is 21.1. The standard InChI is InChI=1S/C27H25N7O/c1-33-16-18(14-30-33)13-28-25-26-29-15-24(34(26)17-23(32-25)19-5-3-2-4-6-19)20-7-9-21(10-8-20)27(35)31-22-11-12-22/h2-10,14-17,22H,11-13H2,1H3,(H,28,32)(H,31,35). The van der Waals surface area contributed by atoms with Crippen molar-refractivity contribution in [2.24, 2.45) is 7.05 Å². The van der Waals surface area contributed by atoms with Gasteiger partial charge in [0.1, 0.15) is 0 Å². The topological polar surface area (TPSA) is 89.1 Å². The van der Waals surface area contributed by atoms with Crippen molar-refractivity contribution in [2.75, 3.05) is 5.32 Å². The lowest BCUT2D eigenvalue weighted by Crippen LogP contribution is -2.25. The maximum atomic E-state index is 12.4. The van der Waals surface area contributed by atoms with Crippen LogP contribution in [0.1, 0.15) is 28.8 Å². The number of amides is 1. The molecule has 1 aliphatic carbocycles. The summed E-state index contributed by atoms with van der Waals surface area (Å²) in [7, 11) is 1.90. The first-order valence-corrected chi connectivity index (χ1v) is 11.7. The summed E-state index contributed by atoms with van der Waals surface area (Å²) >= 11 is 0. The van der Waals surface area contributed by atoms with Crippen molar-refractivity contribution in [2.45, 2.75) is 25.4 Å². The van der Waals surface area contributed by atoms with Gasteiger partial charge in [-0.05, 0) is 25.0 Å². The predicted molar refractivity (Wildman–Crippen MR) is 135 cm³/mol. The zero-order valence-electron chi connectivity index (χ0n) is 19.3. The molecule has 0 aliphatic heterocycles. The van der Waals surface area contributed by atoms with Crippen molar-refractivity contribution in [1.29, 1.82) is 0 Å². The summed E-state index contributed by atoms with van der Waals surface area (Å²) in [6.07, 6.45) is 9.81. The third-order valence-electron chi connectivity index (χ3n) is 6.14. The van der Waals surface area contributed by atoms with E-state index in [1.54, 1.807) is 4.68 Å². The third kappa shape index (κ3) is 4.38. The van der Waals surface area contributed by atoms with Crippen molar-refractivity contribution in [3.05, 3.63) is 90.5 Å². The Bertz CT molecular complexity index is 1500. The van der Waals surface area contributed by atoms with Crippen LogP contribution in [0.5, 0.6) is 0 Å². The van der Waals surface area contributed by atoms with Crippen LogP contribution in [0.3, 0.4) is 0 Å². The van der Waals surface area contributed by atoms with Crippen LogP contribution < -0.4 is 10.6 Å². The molecule has 3 aromatic heterocycles. The number of benzene rings is 2. The van der Waals surface area contributed by atoms with Gasteiger partial charge >= 0.3 is 0 Å². The van der Waals surface area contributed by atoms with Crippen molar-refractivity contribution < 1.29 is 4.79 Å². The molecule has 0 unspecified atom stereocenters. The molecule has 6 rings (SSSR count). The summed E-state index contributed by atoms with van der Waals surface area (Å²) in [5, 5.41) is 10.7. The number of anilines is 1. The molecule has 3 heterocycles. The van der Waals surface area contributed by atoms with Crippen LogP contribution in [0.25, 0.3) is 28.2 Å². The number of hydrogen-bond acceptors (Lipinski definition) is 5. The van der Waals surface area contributed by atoms with Crippen LogP contribution in [0, 0.1) is 0 Å². The quantitative estimate of drug-likeness (QED) is 0.376. The van der Waals surface area contributed by atoms with Gasteiger partial charge in [0.2, 0.25) is 0 Å². The first-order chi connectivity index (χ1) is 17.1. The van der Waals surface area contributed by atoms with Gasteiger partial charge in [0.15, 0.2) is 11.5 Å². The Kier molecular flexibility index (Phi) is 5.25. The van der Waals surface area contributed by atoms with Crippen molar-refractivity contribution in [3.8, 4) is 22.5 Å². The maximum absolute atomic E-state index is 12.4. The summed E-state index contributed by atoms with van der Waals surface area (Å²) in [5.74, 6) is 0.677. The molecule has 0 spiro atoms. The number of rotatable bonds is 7. The highest BCUT2D eigenvalue weighted by molar-refractivity contribution is 5.95. The van der Waals surface area contributed by atoms with Gasteiger partial charge in [-0.2, -0.15) is 5.10 Å². The van der Waals surface area contributed by atoms with E-state index in [9.17, 15) is 4.79 Å². The average molecular weight is 464 g/mol. The fraction of sp³-hybridized carbons (Fsp3) is 0.185. The molecular formula is C27H25N7O. The average Bonchev–Trinajstić information content (AvgIpc) is 3.44. The van der Waals surface area contributed by atoms with Crippen LogP contribution in [-0.2, 0) is 13.6 Å². The molecule has 8 nitrogen and oxygen atoms in total. The molecule has 0 bridgehead atoms. The Labute approximate surface area is 202 Å². The van der Waals surface area contributed by atoms with Crippen molar-refractivity contribution in [3.63, 3.8) is 0 Å². The van der Waals surface area contributed by atoms with E-state index in [0.29, 0.717) is 24.0 Å². The van der Waals surface area contributed by atoms with Crippen molar-refractivity contribution >= 4 is 17.4 Å². The van der Waals surface area contributed by atoms with E-state index < -0.39 is 0 Å². The molecule has 5 aromatic rings. The zero-order chi connectivity index (χ0) is 23.8. The highest BCUT2D eigenvalue weighted by Gasteiger charge is 2.23. The summed E-state index contributed by atoms with van der Waals surface area (Å²) < 4.78 is 3.84. The number of aryl methyl sites for hydroxylation is 1. The van der Waals surface area contributed by atoms with E-state index in [2.05, 4.69) is 20.1 Å². The van der Waals surface area contributed by atoms with Gasteiger partial charge < -0.3 is 10.6 Å². The number of imidazole rings is 1. The minimum absolute atomic E-state index is 0.0188. The molecule has 1 saturated carbocycles. The zero-order valence-corrected chi connectivity index (χ0v) is 19.3. The van der Waals surface area contributed by atoms with Gasteiger partial charge in [0, 0.05) is 54.3 Å². The Balaban J connectivity index is 1.38. The maximum Gasteiger partial charge on any atom is 0.251 e. The molecule has 0 radical (unpaired) electrons. The van der Waals surface area contributed by atoms with E-state index >= 15 is 0 Å². The lowest BCUT2D eigenvalue weighted by molar-refractivity contribution is 0.0951. The lowest BCUT2D eigenvalue weighted by atomic mass is 10.1. The molecule has 35 heavy (non-hydrogen) atoms. The number of nitrogens with zero attached hydrogens (tertiary/aromatic N) is 5. The van der Waals surface area contributed by atoms with Gasteiger partial charge in [-0.1, -0.05) is 42.5 Å². The molecular weight excluding hydrogens is 438 g/mol. The van der Waals surface area contributed by atoms with Gasteiger partial charge in [0.25, 0.3) is 5.91 Å². The van der Waals surface area contributed by atoms with Crippen LogP contribution in [-0.4, -0.2) is 36.1 Å². The SMILES string of the molecule is Cn1cc(CNc2nc(-c3ccccc3)cn3c(-c4ccc(C(=O)NC5CC5)cc4)cnc23)cn1. The molecule has 2 N–H and O–H groups in total. The van der Waals surface area contributed by atoms with E-state index in [0.717, 1.165) is 46.6 Å². The summed E-state index contributed by atoms with van der Waals surface area (Å²) in [5.41, 5.74) is 6.22. The Morgan fingerprint density at radius 1 is 1.00 bits per heavy atom. The highest BCUT2D eigenvalue weighted by atomic mass is 16.1. The fourth-order valence-electron chi connectivity index (χ4n) is 4.11. The molecule has 174 valence electrons. The number of nitrogens with one attached hydrogen (secondary N) is 2. The Hall–Kier alpha value is -4.46. The van der Waals surface area contributed by atoms with Crippen LogP contribution in [0.15, 0.2) is 79.4 Å². The second-order valence-electron chi connectivity index (χ2n) is 8.88. The molecule has 1 aliphatic rings. The molecule has 8 heteroatoms. The second-order valence-corrected chi connectivity index (χ2v) is 8.88. The number of hydrogen-bond donors (Lipinski definition) is 2. The lowest BCUT2D eigenvalue weighted by Gasteiger charge is -2.11. The van der Waals surface area contributed by atoms with Gasteiger partial charge in [-0.25, -0.2) is 9.97 Å². The first-order valence-electron chi connectivity index (χ1n) is 11.7.